The Morgan fingerprint density at radius 2 is 1.83 bits per heavy atom. The summed E-state index contributed by atoms with van der Waals surface area (Å²) in [5.41, 5.74) is 0.126. The molecule has 0 radical (unpaired) electrons. The molecule has 0 heterocycles. The molecule has 1 amide bonds. The molecule has 0 saturated carbocycles. The van der Waals surface area contributed by atoms with Gasteiger partial charge in [-0.15, -0.1) is 0 Å². The Morgan fingerprint density at radius 3 is 2.42 bits per heavy atom. The summed E-state index contributed by atoms with van der Waals surface area (Å²) >= 11 is 11.8. The number of carboxylic acids is 1. The number of ether oxygens (including phenoxy) is 2. The third-order valence-electron chi connectivity index (χ3n) is 2.98. The standard InChI is InChI=1S/C16H13Cl2NO5/c1-23-14-7-13(12(18)6-11(14)16(21)22)19-15(20)8-24-10-4-2-9(17)3-5-10/h2-7H,8H2,1H3,(H,19,20)(H,21,22). The van der Waals surface area contributed by atoms with E-state index >= 15 is 0 Å². The second-order valence-electron chi connectivity index (χ2n) is 4.63. The van der Waals surface area contributed by atoms with Gasteiger partial charge in [0.25, 0.3) is 5.91 Å². The minimum atomic E-state index is -1.18. The summed E-state index contributed by atoms with van der Waals surface area (Å²) in [6, 6.07) is 9.09. The zero-order valence-electron chi connectivity index (χ0n) is 12.5. The second kappa shape index (κ2) is 7.90. The van der Waals surface area contributed by atoms with E-state index in [0.29, 0.717) is 10.8 Å². The van der Waals surface area contributed by atoms with E-state index in [4.69, 9.17) is 37.8 Å². The van der Waals surface area contributed by atoms with Crippen molar-refractivity contribution < 1.29 is 24.2 Å². The maximum absolute atomic E-state index is 11.9. The summed E-state index contributed by atoms with van der Waals surface area (Å²) in [4.78, 5) is 23.0. The Hall–Kier alpha value is -2.44. The zero-order valence-corrected chi connectivity index (χ0v) is 14.0. The number of amides is 1. The van der Waals surface area contributed by atoms with Crippen LogP contribution < -0.4 is 14.8 Å². The van der Waals surface area contributed by atoms with Crippen molar-refractivity contribution in [1.29, 1.82) is 0 Å². The molecule has 2 aromatic rings. The number of aromatic carboxylic acids is 1. The van der Waals surface area contributed by atoms with Gasteiger partial charge in [-0.1, -0.05) is 23.2 Å². The van der Waals surface area contributed by atoms with Gasteiger partial charge in [0.15, 0.2) is 6.61 Å². The highest BCUT2D eigenvalue weighted by Crippen LogP contribution is 2.31. The number of halogens is 2. The minimum absolute atomic E-state index is 0.0769. The number of carbonyl (C=O) groups is 2. The number of methoxy groups -OCH3 is 1. The maximum atomic E-state index is 11.9. The van der Waals surface area contributed by atoms with Crippen LogP contribution in [0, 0.1) is 0 Å². The van der Waals surface area contributed by atoms with Crippen molar-refractivity contribution in [2.75, 3.05) is 19.0 Å². The number of carbonyl (C=O) groups excluding carboxylic acids is 1. The average Bonchev–Trinajstić information content (AvgIpc) is 2.55. The normalized spacial score (nSPS) is 10.1. The summed E-state index contributed by atoms with van der Waals surface area (Å²) in [5, 5.41) is 12.2. The number of benzene rings is 2. The van der Waals surface area contributed by atoms with Crippen molar-refractivity contribution in [3.05, 3.63) is 52.0 Å². The molecule has 0 bridgehead atoms. The van der Waals surface area contributed by atoms with Gasteiger partial charge in [0.1, 0.15) is 17.1 Å². The first-order valence-electron chi connectivity index (χ1n) is 6.69. The topological polar surface area (TPSA) is 84.9 Å². The second-order valence-corrected chi connectivity index (χ2v) is 5.47. The van der Waals surface area contributed by atoms with Crippen LogP contribution >= 0.6 is 23.2 Å². The first-order valence-corrected chi connectivity index (χ1v) is 7.45. The Labute approximate surface area is 147 Å². The number of carboxylic acid groups (broad SMARTS) is 1. The highest BCUT2D eigenvalue weighted by atomic mass is 35.5. The van der Waals surface area contributed by atoms with E-state index < -0.39 is 11.9 Å². The molecule has 2 N–H and O–H groups in total. The summed E-state index contributed by atoms with van der Waals surface area (Å²) < 4.78 is 10.3. The van der Waals surface area contributed by atoms with E-state index in [0.717, 1.165) is 0 Å². The highest BCUT2D eigenvalue weighted by Gasteiger charge is 2.16. The lowest BCUT2D eigenvalue weighted by Gasteiger charge is -2.12. The fraction of sp³-hybridized carbons (Fsp3) is 0.125. The van der Waals surface area contributed by atoms with Crippen LogP contribution in [0.15, 0.2) is 36.4 Å². The van der Waals surface area contributed by atoms with Crippen molar-refractivity contribution in [2.24, 2.45) is 0 Å². The first-order chi connectivity index (χ1) is 11.4. The quantitative estimate of drug-likeness (QED) is 0.810. The highest BCUT2D eigenvalue weighted by molar-refractivity contribution is 6.34. The Bertz CT molecular complexity index is 762. The number of rotatable bonds is 6. The largest absolute Gasteiger partial charge is 0.496 e. The van der Waals surface area contributed by atoms with Crippen molar-refractivity contribution in [1.82, 2.24) is 0 Å². The van der Waals surface area contributed by atoms with Crippen LogP contribution in [0.5, 0.6) is 11.5 Å². The van der Waals surface area contributed by atoms with Crippen LogP contribution in [0.25, 0.3) is 0 Å². The Balaban J connectivity index is 2.05. The molecule has 0 aliphatic rings. The van der Waals surface area contributed by atoms with Crippen LogP contribution in [0.4, 0.5) is 5.69 Å². The number of anilines is 1. The van der Waals surface area contributed by atoms with E-state index in [1.165, 1.54) is 19.2 Å². The molecule has 0 aromatic heterocycles. The molecule has 8 heteroatoms. The molecule has 126 valence electrons. The molecule has 2 rings (SSSR count). The SMILES string of the molecule is COc1cc(NC(=O)COc2ccc(Cl)cc2)c(Cl)cc1C(=O)O. The molecule has 0 aliphatic heterocycles. The van der Waals surface area contributed by atoms with Crippen molar-refractivity contribution in [3.8, 4) is 11.5 Å². The van der Waals surface area contributed by atoms with E-state index in [-0.39, 0.29) is 28.6 Å². The molecule has 0 saturated heterocycles. The predicted octanol–water partition coefficient (Wildman–Crippen LogP) is 3.72. The molecule has 6 nitrogen and oxygen atoms in total. The van der Waals surface area contributed by atoms with Gasteiger partial charge in [-0.05, 0) is 30.3 Å². The van der Waals surface area contributed by atoms with E-state index in [1.807, 2.05) is 0 Å². The lowest BCUT2D eigenvalue weighted by molar-refractivity contribution is -0.118. The van der Waals surface area contributed by atoms with Gasteiger partial charge in [-0.3, -0.25) is 4.79 Å². The molecule has 24 heavy (non-hydrogen) atoms. The van der Waals surface area contributed by atoms with Gasteiger partial charge in [-0.2, -0.15) is 0 Å². The first kappa shape index (κ1) is 17.9. The Morgan fingerprint density at radius 1 is 1.17 bits per heavy atom. The molecular weight excluding hydrogens is 357 g/mol. The molecule has 0 aliphatic carbocycles. The lowest BCUT2D eigenvalue weighted by atomic mass is 10.2. The monoisotopic (exact) mass is 369 g/mol. The smallest absolute Gasteiger partial charge is 0.339 e. The van der Waals surface area contributed by atoms with Crippen LogP contribution in [-0.2, 0) is 4.79 Å². The molecule has 2 aromatic carbocycles. The third-order valence-corrected chi connectivity index (χ3v) is 3.54. The number of hydrogen-bond donors (Lipinski definition) is 2. The molecule has 0 spiro atoms. The van der Waals surface area contributed by atoms with Crippen LogP contribution in [0.3, 0.4) is 0 Å². The fourth-order valence-corrected chi connectivity index (χ4v) is 2.19. The fourth-order valence-electron chi connectivity index (χ4n) is 1.85. The van der Waals surface area contributed by atoms with Crippen molar-refractivity contribution in [2.45, 2.75) is 0 Å². The van der Waals surface area contributed by atoms with Gasteiger partial charge in [0.2, 0.25) is 0 Å². The number of nitrogens with one attached hydrogen (secondary N) is 1. The van der Waals surface area contributed by atoms with Crippen molar-refractivity contribution in [3.63, 3.8) is 0 Å². The average molecular weight is 370 g/mol. The molecule has 0 atom stereocenters. The summed E-state index contributed by atoms with van der Waals surface area (Å²) in [6.07, 6.45) is 0. The van der Waals surface area contributed by atoms with Gasteiger partial charge in [0, 0.05) is 11.1 Å². The van der Waals surface area contributed by atoms with Crippen molar-refractivity contribution >= 4 is 40.8 Å². The van der Waals surface area contributed by atoms with Gasteiger partial charge in [0.05, 0.1) is 17.8 Å². The summed E-state index contributed by atoms with van der Waals surface area (Å²) in [5.74, 6) is -1.07. The molecule has 0 unspecified atom stereocenters. The van der Waals surface area contributed by atoms with Gasteiger partial charge >= 0.3 is 5.97 Å². The summed E-state index contributed by atoms with van der Waals surface area (Å²) in [6.45, 7) is -0.249. The number of hydrogen-bond acceptors (Lipinski definition) is 4. The van der Waals surface area contributed by atoms with E-state index in [1.54, 1.807) is 24.3 Å². The summed E-state index contributed by atoms with van der Waals surface area (Å²) in [7, 11) is 1.32. The van der Waals surface area contributed by atoms with Gasteiger partial charge in [-0.25, -0.2) is 4.79 Å². The van der Waals surface area contributed by atoms with E-state index in [9.17, 15) is 9.59 Å². The predicted molar refractivity (Wildman–Crippen MR) is 90.5 cm³/mol. The Kier molecular flexibility index (Phi) is 5.89. The van der Waals surface area contributed by atoms with Crippen LogP contribution in [-0.4, -0.2) is 30.7 Å². The maximum Gasteiger partial charge on any atom is 0.339 e. The van der Waals surface area contributed by atoms with Crippen LogP contribution in [0.1, 0.15) is 10.4 Å². The third kappa shape index (κ3) is 4.53. The van der Waals surface area contributed by atoms with E-state index in [2.05, 4.69) is 5.32 Å². The van der Waals surface area contributed by atoms with Crippen LogP contribution in [0.2, 0.25) is 10.0 Å². The minimum Gasteiger partial charge on any atom is -0.496 e. The lowest BCUT2D eigenvalue weighted by Crippen LogP contribution is -2.20. The zero-order chi connectivity index (χ0) is 17.7. The van der Waals surface area contributed by atoms with Gasteiger partial charge < -0.3 is 19.9 Å². The molecular formula is C16H13Cl2NO5. The molecule has 0 fully saturated rings.